The first-order valence-electron chi connectivity index (χ1n) is 11.0. The molecule has 4 aromatic rings. The molecule has 32 heavy (non-hydrogen) atoms. The van der Waals surface area contributed by atoms with Crippen LogP contribution in [-0.4, -0.2) is 43.8 Å². The first-order chi connectivity index (χ1) is 15.7. The summed E-state index contributed by atoms with van der Waals surface area (Å²) in [6.07, 6.45) is 9.45. The van der Waals surface area contributed by atoms with Gasteiger partial charge in [-0.05, 0) is 62.2 Å². The van der Waals surface area contributed by atoms with Crippen molar-refractivity contribution in [2.24, 2.45) is 0 Å². The number of likely N-dealkylation sites (N-methyl/N-ethyl adjacent to an activating group) is 1. The van der Waals surface area contributed by atoms with Crippen molar-refractivity contribution in [1.29, 1.82) is 0 Å². The van der Waals surface area contributed by atoms with Crippen molar-refractivity contribution in [3.8, 4) is 0 Å². The van der Waals surface area contributed by atoms with Crippen LogP contribution in [-0.2, 0) is 19.4 Å². The van der Waals surface area contributed by atoms with E-state index in [9.17, 15) is 4.79 Å². The number of fused-ring (bicyclic) bond motifs is 2. The molecule has 7 nitrogen and oxygen atoms in total. The van der Waals surface area contributed by atoms with E-state index in [1.54, 1.807) is 24.5 Å². The minimum atomic E-state index is -0.197. The number of hydrogen-bond acceptors (Lipinski definition) is 5. The summed E-state index contributed by atoms with van der Waals surface area (Å²) in [5.74, 6) is 0.688. The van der Waals surface area contributed by atoms with Crippen LogP contribution in [0.3, 0.4) is 0 Å². The minimum Gasteiger partial charge on any atom is -0.341 e. The number of carbonyl (C=O) groups excluding carboxylic acids is 1. The van der Waals surface area contributed by atoms with Crippen LogP contribution >= 0.6 is 0 Å². The van der Waals surface area contributed by atoms with E-state index in [2.05, 4.69) is 38.3 Å². The lowest BCUT2D eigenvalue weighted by Gasteiger charge is -2.26. The molecule has 1 aromatic carbocycles. The number of H-pyrrole nitrogens is 1. The standard InChI is InChI=1S/C25H26N6O/c1-31(19-9-2-6-17-7-5-13-27-22(17)14-19)16-23-28-20-10-3-11-21(24(20)30-23)29-25(32)18-8-4-12-26-15-18/h3-5,7-8,10-13,15,19H,2,6,9,14,16H2,1H3,(H,28,30)(H,29,32). The molecule has 0 fully saturated rings. The normalized spacial score (nSPS) is 16.0. The maximum Gasteiger partial charge on any atom is 0.257 e. The number of nitrogens with one attached hydrogen (secondary N) is 2. The van der Waals surface area contributed by atoms with Gasteiger partial charge in [0.25, 0.3) is 5.91 Å². The zero-order valence-electron chi connectivity index (χ0n) is 18.1. The monoisotopic (exact) mass is 426 g/mol. The molecule has 0 saturated heterocycles. The number of hydrogen-bond donors (Lipinski definition) is 2. The zero-order valence-corrected chi connectivity index (χ0v) is 18.1. The average molecular weight is 427 g/mol. The van der Waals surface area contributed by atoms with E-state index >= 15 is 0 Å². The van der Waals surface area contributed by atoms with Gasteiger partial charge in [-0.3, -0.25) is 19.7 Å². The number of aryl methyl sites for hydroxylation is 1. The van der Waals surface area contributed by atoms with E-state index in [0.717, 1.165) is 36.1 Å². The van der Waals surface area contributed by atoms with Gasteiger partial charge >= 0.3 is 0 Å². The number of rotatable bonds is 5. The second-order valence-corrected chi connectivity index (χ2v) is 8.36. The first kappa shape index (κ1) is 20.3. The molecule has 162 valence electrons. The van der Waals surface area contributed by atoms with E-state index in [1.807, 2.05) is 30.5 Å². The lowest BCUT2D eigenvalue weighted by Crippen LogP contribution is -2.33. The Bertz CT molecular complexity index is 1240. The van der Waals surface area contributed by atoms with E-state index < -0.39 is 0 Å². The molecule has 3 heterocycles. The Hall–Kier alpha value is -3.58. The highest BCUT2D eigenvalue weighted by atomic mass is 16.1. The van der Waals surface area contributed by atoms with Crippen LogP contribution in [0.4, 0.5) is 5.69 Å². The molecule has 1 amide bonds. The fourth-order valence-corrected chi connectivity index (χ4v) is 4.43. The lowest BCUT2D eigenvalue weighted by atomic mass is 10.1. The highest BCUT2D eigenvalue weighted by Crippen LogP contribution is 2.25. The molecular formula is C25H26N6O. The van der Waals surface area contributed by atoms with Crippen molar-refractivity contribution in [3.05, 3.63) is 83.7 Å². The zero-order chi connectivity index (χ0) is 21.9. The Labute approximate surface area is 186 Å². The van der Waals surface area contributed by atoms with Crippen LogP contribution in [0.2, 0.25) is 0 Å². The summed E-state index contributed by atoms with van der Waals surface area (Å²) in [5, 5.41) is 2.97. The van der Waals surface area contributed by atoms with Gasteiger partial charge in [0.1, 0.15) is 11.3 Å². The topological polar surface area (TPSA) is 86.8 Å². The molecule has 5 rings (SSSR count). The number of nitrogens with zero attached hydrogens (tertiary/aromatic N) is 4. The van der Waals surface area contributed by atoms with Crippen molar-refractivity contribution < 1.29 is 4.79 Å². The molecule has 0 aliphatic heterocycles. The van der Waals surface area contributed by atoms with Gasteiger partial charge in [-0.25, -0.2) is 4.98 Å². The van der Waals surface area contributed by atoms with Crippen LogP contribution < -0.4 is 5.32 Å². The largest absolute Gasteiger partial charge is 0.341 e. The van der Waals surface area contributed by atoms with E-state index in [-0.39, 0.29) is 5.91 Å². The number of aromatic amines is 1. The Kier molecular flexibility index (Phi) is 5.64. The Balaban J connectivity index is 1.33. The van der Waals surface area contributed by atoms with Gasteiger partial charge in [0.2, 0.25) is 0 Å². The molecule has 1 aliphatic carbocycles. The lowest BCUT2D eigenvalue weighted by molar-refractivity contribution is 0.102. The van der Waals surface area contributed by atoms with Crippen molar-refractivity contribution in [2.45, 2.75) is 38.3 Å². The molecule has 2 N–H and O–H groups in total. The van der Waals surface area contributed by atoms with Gasteiger partial charge in [0.15, 0.2) is 0 Å². The molecule has 1 aliphatic rings. The summed E-state index contributed by atoms with van der Waals surface area (Å²) in [6.45, 7) is 0.706. The first-order valence-corrected chi connectivity index (χ1v) is 11.0. The Morgan fingerprint density at radius 3 is 2.97 bits per heavy atom. The molecule has 1 unspecified atom stereocenters. The number of benzene rings is 1. The number of imidazole rings is 1. The smallest absolute Gasteiger partial charge is 0.257 e. The Morgan fingerprint density at radius 2 is 2.09 bits per heavy atom. The number of carbonyl (C=O) groups is 1. The van der Waals surface area contributed by atoms with Crippen molar-refractivity contribution in [2.75, 3.05) is 12.4 Å². The van der Waals surface area contributed by atoms with Gasteiger partial charge < -0.3 is 10.3 Å². The third kappa shape index (κ3) is 4.24. The molecular weight excluding hydrogens is 400 g/mol. The summed E-state index contributed by atoms with van der Waals surface area (Å²) in [7, 11) is 2.15. The van der Waals surface area contributed by atoms with Crippen molar-refractivity contribution in [3.63, 3.8) is 0 Å². The molecule has 3 aromatic heterocycles. The van der Waals surface area contributed by atoms with E-state index in [1.165, 1.54) is 17.7 Å². The molecule has 0 saturated carbocycles. The molecule has 0 spiro atoms. The van der Waals surface area contributed by atoms with Crippen LogP contribution in [0.15, 0.2) is 61.1 Å². The highest BCUT2D eigenvalue weighted by Gasteiger charge is 2.22. The van der Waals surface area contributed by atoms with Crippen LogP contribution in [0.25, 0.3) is 11.0 Å². The van der Waals surface area contributed by atoms with E-state index in [4.69, 9.17) is 4.98 Å². The maximum absolute atomic E-state index is 12.6. The summed E-state index contributed by atoms with van der Waals surface area (Å²) in [5.41, 5.74) is 5.47. The van der Waals surface area contributed by atoms with E-state index in [0.29, 0.717) is 23.8 Å². The highest BCUT2D eigenvalue weighted by molar-refractivity contribution is 6.07. The summed E-state index contributed by atoms with van der Waals surface area (Å²) < 4.78 is 0. The molecule has 7 heteroatoms. The SMILES string of the molecule is CN(Cc1nc2c(NC(=O)c3cccnc3)cccc2[nH]1)C1CCCc2cccnc2C1. The van der Waals surface area contributed by atoms with Gasteiger partial charge in [-0.1, -0.05) is 12.1 Å². The number of amides is 1. The van der Waals surface area contributed by atoms with Gasteiger partial charge in [0.05, 0.1) is 23.3 Å². The van der Waals surface area contributed by atoms with Crippen LogP contribution in [0, 0.1) is 0 Å². The molecule has 0 bridgehead atoms. The number of aromatic nitrogens is 4. The second kappa shape index (κ2) is 8.88. The summed E-state index contributed by atoms with van der Waals surface area (Å²) in [6, 6.07) is 13.9. The quantitative estimate of drug-likeness (QED) is 0.471. The molecule has 0 radical (unpaired) electrons. The number of para-hydroxylation sites is 1. The average Bonchev–Trinajstić information content (AvgIpc) is 3.10. The third-order valence-electron chi connectivity index (χ3n) is 6.15. The van der Waals surface area contributed by atoms with Crippen LogP contribution in [0.5, 0.6) is 0 Å². The predicted octanol–water partition coefficient (Wildman–Crippen LogP) is 3.98. The number of pyridine rings is 2. The van der Waals surface area contributed by atoms with Gasteiger partial charge in [-0.15, -0.1) is 0 Å². The number of anilines is 1. The van der Waals surface area contributed by atoms with Crippen molar-refractivity contribution >= 4 is 22.6 Å². The second-order valence-electron chi connectivity index (χ2n) is 8.36. The minimum absolute atomic E-state index is 0.197. The molecule has 1 atom stereocenters. The summed E-state index contributed by atoms with van der Waals surface area (Å²) >= 11 is 0. The maximum atomic E-state index is 12.6. The fourth-order valence-electron chi connectivity index (χ4n) is 4.43. The van der Waals surface area contributed by atoms with Crippen LogP contribution in [0.1, 0.15) is 40.3 Å². The third-order valence-corrected chi connectivity index (χ3v) is 6.15. The predicted molar refractivity (Wildman–Crippen MR) is 124 cm³/mol. The summed E-state index contributed by atoms with van der Waals surface area (Å²) in [4.78, 5) is 31.8. The van der Waals surface area contributed by atoms with Gasteiger partial charge in [-0.2, -0.15) is 0 Å². The fraction of sp³-hybridized carbons (Fsp3) is 0.280. The van der Waals surface area contributed by atoms with Crippen molar-refractivity contribution in [1.82, 2.24) is 24.8 Å². The van der Waals surface area contributed by atoms with Gasteiger partial charge in [0, 0.05) is 36.7 Å². The Morgan fingerprint density at radius 1 is 1.19 bits per heavy atom.